The number of carbonyl (C=O) groups is 1. The van der Waals surface area contributed by atoms with Gasteiger partial charge in [-0.2, -0.15) is 0 Å². The molecule has 0 saturated carbocycles. The second-order valence-electron chi connectivity index (χ2n) is 3.00. The number of hydrogen-bond donors (Lipinski definition) is 2. The molecule has 16 heavy (non-hydrogen) atoms. The molecule has 0 aromatic heterocycles. The van der Waals surface area contributed by atoms with Gasteiger partial charge in [-0.25, -0.2) is 0 Å². The molecule has 0 atom stereocenters. The van der Waals surface area contributed by atoms with Gasteiger partial charge >= 0.3 is 5.97 Å². The van der Waals surface area contributed by atoms with Crippen molar-refractivity contribution < 1.29 is 19.7 Å². The Morgan fingerprint density at radius 2 is 2.06 bits per heavy atom. The van der Waals surface area contributed by atoms with Gasteiger partial charge in [0.05, 0.1) is 22.0 Å². The van der Waals surface area contributed by atoms with Crippen LogP contribution >= 0.6 is 31.9 Å². The van der Waals surface area contributed by atoms with Crippen LogP contribution in [-0.2, 0) is 16.0 Å². The van der Waals surface area contributed by atoms with E-state index in [1.54, 1.807) is 6.92 Å². The van der Waals surface area contributed by atoms with E-state index in [2.05, 4.69) is 31.9 Å². The summed E-state index contributed by atoms with van der Waals surface area (Å²) in [5.41, 5.74) is 0.305. The summed E-state index contributed by atoms with van der Waals surface area (Å²) in [5, 5.41) is 19.2. The molecule has 0 spiro atoms. The third-order valence-corrected chi connectivity index (χ3v) is 3.36. The van der Waals surface area contributed by atoms with Gasteiger partial charge < -0.3 is 14.9 Å². The minimum absolute atomic E-state index is 0.0582. The summed E-state index contributed by atoms with van der Waals surface area (Å²) in [7, 11) is 0. The predicted molar refractivity (Wildman–Crippen MR) is 65.5 cm³/mol. The molecule has 1 aromatic carbocycles. The van der Waals surface area contributed by atoms with Crippen LogP contribution in [0.1, 0.15) is 12.5 Å². The molecule has 6 heteroatoms. The van der Waals surface area contributed by atoms with Crippen LogP contribution in [0.4, 0.5) is 0 Å². The lowest BCUT2D eigenvalue weighted by atomic mass is 10.1. The summed E-state index contributed by atoms with van der Waals surface area (Å²) in [6.07, 6.45) is -0.0961. The topological polar surface area (TPSA) is 66.8 Å². The number of halogens is 2. The van der Waals surface area contributed by atoms with Gasteiger partial charge in [-0.1, -0.05) is 0 Å². The Morgan fingerprint density at radius 1 is 1.44 bits per heavy atom. The molecule has 1 aromatic rings. The van der Waals surface area contributed by atoms with Crippen molar-refractivity contribution in [2.45, 2.75) is 13.3 Å². The van der Waals surface area contributed by atoms with Gasteiger partial charge in [0, 0.05) is 5.56 Å². The smallest absolute Gasteiger partial charge is 0.310 e. The van der Waals surface area contributed by atoms with Gasteiger partial charge in [0.15, 0.2) is 0 Å². The average molecular weight is 354 g/mol. The highest BCUT2D eigenvalue weighted by Crippen LogP contribution is 2.40. The average Bonchev–Trinajstić information content (AvgIpc) is 2.22. The Hall–Kier alpha value is -0.750. The molecule has 4 nitrogen and oxygen atoms in total. The van der Waals surface area contributed by atoms with Crippen molar-refractivity contribution in [2.75, 3.05) is 6.61 Å². The van der Waals surface area contributed by atoms with Gasteiger partial charge in [0.1, 0.15) is 11.5 Å². The summed E-state index contributed by atoms with van der Waals surface area (Å²) in [6.45, 7) is 1.98. The van der Waals surface area contributed by atoms with Crippen LogP contribution in [0.5, 0.6) is 11.5 Å². The third kappa shape index (κ3) is 2.89. The zero-order valence-electron chi connectivity index (χ0n) is 8.46. The molecule has 2 N–H and O–H groups in total. The second kappa shape index (κ2) is 5.54. The molecule has 0 unspecified atom stereocenters. The third-order valence-electron chi connectivity index (χ3n) is 1.90. The van der Waals surface area contributed by atoms with Crippen LogP contribution < -0.4 is 0 Å². The highest BCUT2D eigenvalue weighted by molar-refractivity contribution is 9.11. The van der Waals surface area contributed by atoms with Gasteiger partial charge in [-0.05, 0) is 44.8 Å². The van der Waals surface area contributed by atoms with Crippen LogP contribution in [0.3, 0.4) is 0 Å². The van der Waals surface area contributed by atoms with Gasteiger partial charge in [0.25, 0.3) is 0 Å². The molecule has 0 aliphatic heterocycles. The predicted octanol–water partition coefficient (Wildman–Crippen LogP) is 2.73. The summed E-state index contributed by atoms with van der Waals surface area (Å²) in [6, 6.07) is 1.33. The van der Waals surface area contributed by atoms with Gasteiger partial charge in [0.2, 0.25) is 0 Å². The molecule has 0 aliphatic carbocycles. The van der Waals surface area contributed by atoms with E-state index in [1.165, 1.54) is 6.07 Å². The van der Waals surface area contributed by atoms with E-state index in [1.807, 2.05) is 0 Å². The van der Waals surface area contributed by atoms with Crippen LogP contribution in [0.2, 0.25) is 0 Å². The van der Waals surface area contributed by atoms with Gasteiger partial charge in [-0.15, -0.1) is 0 Å². The van der Waals surface area contributed by atoms with Crippen LogP contribution in [0.15, 0.2) is 15.0 Å². The van der Waals surface area contributed by atoms with E-state index in [4.69, 9.17) is 4.74 Å². The zero-order chi connectivity index (χ0) is 12.3. The van der Waals surface area contributed by atoms with Gasteiger partial charge in [-0.3, -0.25) is 4.79 Å². The van der Waals surface area contributed by atoms with Crippen molar-refractivity contribution in [3.63, 3.8) is 0 Å². The number of hydrogen-bond acceptors (Lipinski definition) is 4. The van der Waals surface area contributed by atoms with E-state index < -0.39 is 5.97 Å². The SMILES string of the molecule is CCOC(=O)Cc1c(O)cc(Br)c(O)c1Br. The summed E-state index contributed by atoms with van der Waals surface area (Å²) < 4.78 is 5.40. The Labute approximate surface area is 109 Å². The molecule has 0 radical (unpaired) electrons. The van der Waals surface area contributed by atoms with Crippen molar-refractivity contribution in [2.24, 2.45) is 0 Å². The maximum absolute atomic E-state index is 11.3. The second-order valence-corrected chi connectivity index (χ2v) is 4.65. The van der Waals surface area contributed by atoms with E-state index in [-0.39, 0.29) is 29.0 Å². The number of rotatable bonds is 3. The summed E-state index contributed by atoms with van der Waals surface area (Å²) in [5.74, 6) is -0.595. The quantitative estimate of drug-likeness (QED) is 0.647. The van der Waals surface area contributed by atoms with Crippen LogP contribution in [-0.4, -0.2) is 22.8 Å². The molecule has 0 aliphatic rings. The fourth-order valence-electron chi connectivity index (χ4n) is 1.16. The molecular weight excluding hydrogens is 344 g/mol. The monoisotopic (exact) mass is 352 g/mol. The summed E-state index contributed by atoms with van der Waals surface area (Å²) in [4.78, 5) is 11.3. The van der Waals surface area contributed by atoms with E-state index >= 15 is 0 Å². The molecule has 1 rings (SSSR count). The Kier molecular flexibility index (Phi) is 4.61. The van der Waals surface area contributed by atoms with E-state index in [9.17, 15) is 15.0 Å². The highest BCUT2D eigenvalue weighted by atomic mass is 79.9. The highest BCUT2D eigenvalue weighted by Gasteiger charge is 2.17. The first-order chi connectivity index (χ1) is 7.47. The first kappa shape index (κ1) is 13.3. The first-order valence-corrected chi connectivity index (χ1v) is 6.10. The molecule has 0 fully saturated rings. The lowest BCUT2D eigenvalue weighted by Gasteiger charge is -2.09. The standard InChI is InChI=1S/C10H10Br2O4/c1-2-16-8(14)3-5-7(13)4-6(11)10(15)9(5)12/h4,13,15H,2-3H2,1H3. The number of phenolic OH excluding ortho intramolecular Hbond substituents is 2. The largest absolute Gasteiger partial charge is 0.508 e. The molecule has 0 bridgehead atoms. The van der Waals surface area contributed by atoms with Crippen molar-refractivity contribution >= 4 is 37.8 Å². The minimum Gasteiger partial charge on any atom is -0.508 e. The number of phenols is 2. The number of carbonyl (C=O) groups excluding carboxylic acids is 1. The van der Waals surface area contributed by atoms with Crippen LogP contribution in [0, 0.1) is 0 Å². The Balaban J connectivity index is 3.05. The lowest BCUT2D eigenvalue weighted by Crippen LogP contribution is -2.08. The maximum atomic E-state index is 11.3. The normalized spacial score (nSPS) is 10.2. The molecule has 0 saturated heterocycles. The van der Waals surface area contributed by atoms with Crippen molar-refractivity contribution in [1.82, 2.24) is 0 Å². The first-order valence-electron chi connectivity index (χ1n) is 4.51. The zero-order valence-corrected chi connectivity index (χ0v) is 11.6. The van der Waals surface area contributed by atoms with E-state index in [0.717, 1.165) is 0 Å². The molecule has 0 amide bonds. The number of aromatic hydroxyl groups is 2. The number of esters is 1. The van der Waals surface area contributed by atoms with Crippen molar-refractivity contribution in [1.29, 1.82) is 0 Å². The number of ether oxygens (including phenoxy) is 1. The lowest BCUT2D eigenvalue weighted by molar-refractivity contribution is -0.142. The molecular formula is C10H10Br2O4. The Bertz CT molecular complexity index is 418. The van der Waals surface area contributed by atoms with E-state index in [0.29, 0.717) is 10.0 Å². The van der Waals surface area contributed by atoms with Crippen LogP contribution in [0.25, 0.3) is 0 Å². The molecule has 0 heterocycles. The maximum Gasteiger partial charge on any atom is 0.310 e. The molecule has 88 valence electrons. The fourth-order valence-corrected chi connectivity index (χ4v) is 2.40. The van der Waals surface area contributed by atoms with Crippen molar-refractivity contribution in [3.8, 4) is 11.5 Å². The summed E-state index contributed by atoms with van der Waals surface area (Å²) >= 11 is 6.19. The number of benzene rings is 1. The fraction of sp³-hybridized carbons (Fsp3) is 0.300. The van der Waals surface area contributed by atoms with Crippen molar-refractivity contribution in [3.05, 3.63) is 20.6 Å². The Morgan fingerprint density at radius 3 is 2.62 bits per heavy atom. The minimum atomic E-state index is -0.458.